The van der Waals surface area contributed by atoms with Gasteiger partial charge >= 0.3 is 0 Å². The van der Waals surface area contributed by atoms with E-state index in [4.69, 9.17) is 9.47 Å². The SMILES string of the molecule is COCCN(CCOC)C(=O)c1ccccc1-c1ccccc1C#N. The lowest BCUT2D eigenvalue weighted by atomic mass is 9.95. The lowest BCUT2D eigenvalue weighted by molar-refractivity contribution is 0.0628. The Morgan fingerprint density at radius 2 is 1.52 bits per heavy atom. The maximum absolute atomic E-state index is 13.1. The molecular weight excluding hydrogens is 316 g/mol. The summed E-state index contributed by atoms with van der Waals surface area (Å²) in [6.07, 6.45) is 0. The van der Waals surface area contributed by atoms with E-state index in [1.807, 2.05) is 36.4 Å². The zero-order valence-corrected chi connectivity index (χ0v) is 14.6. The van der Waals surface area contributed by atoms with Crippen molar-refractivity contribution in [3.05, 3.63) is 59.7 Å². The summed E-state index contributed by atoms with van der Waals surface area (Å²) in [4.78, 5) is 14.8. The van der Waals surface area contributed by atoms with E-state index >= 15 is 0 Å². The van der Waals surface area contributed by atoms with Crippen molar-refractivity contribution in [2.75, 3.05) is 40.5 Å². The summed E-state index contributed by atoms with van der Waals surface area (Å²) in [5.74, 6) is -0.0996. The summed E-state index contributed by atoms with van der Waals surface area (Å²) < 4.78 is 10.2. The highest BCUT2D eigenvalue weighted by molar-refractivity contribution is 6.01. The van der Waals surface area contributed by atoms with E-state index in [9.17, 15) is 10.1 Å². The zero-order chi connectivity index (χ0) is 18.1. The number of hydrogen-bond acceptors (Lipinski definition) is 4. The van der Waals surface area contributed by atoms with Crippen LogP contribution in [-0.2, 0) is 9.47 Å². The van der Waals surface area contributed by atoms with Crippen molar-refractivity contribution in [1.82, 2.24) is 4.90 Å². The first-order chi connectivity index (χ1) is 12.2. The third-order valence-corrected chi connectivity index (χ3v) is 3.91. The Morgan fingerprint density at radius 1 is 0.960 bits per heavy atom. The van der Waals surface area contributed by atoms with E-state index in [1.165, 1.54) is 0 Å². The highest BCUT2D eigenvalue weighted by Gasteiger charge is 2.20. The third-order valence-electron chi connectivity index (χ3n) is 3.91. The molecule has 1 amide bonds. The Kier molecular flexibility index (Phi) is 7.15. The maximum atomic E-state index is 13.1. The maximum Gasteiger partial charge on any atom is 0.254 e. The van der Waals surface area contributed by atoms with Crippen LogP contribution in [-0.4, -0.2) is 51.3 Å². The summed E-state index contributed by atoms with van der Waals surface area (Å²) in [6.45, 7) is 1.86. The highest BCUT2D eigenvalue weighted by Crippen LogP contribution is 2.27. The molecule has 0 aliphatic rings. The van der Waals surface area contributed by atoms with E-state index in [0.29, 0.717) is 37.4 Å². The smallest absolute Gasteiger partial charge is 0.254 e. The van der Waals surface area contributed by atoms with Crippen LogP contribution >= 0.6 is 0 Å². The average molecular weight is 338 g/mol. The minimum Gasteiger partial charge on any atom is -0.383 e. The fourth-order valence-electron chi connectivity index (χ4n) is 2.61. The van der Waals surface area contributed by atoms with Gasteiger partial charge in [0.05, 0.1) is 24.8 Å². The van der Waals surface area contributed by atoms with E-state index in [0.717, 1.165) is 11.1 Å². The molecule has 2 rings (SSSR count). The third kappa shape index (κ3) is 4.66. The largest absolute Gasteiger partial charge is 0.383 e. The van der Waals surface area contributed by atoms with Crippen LogP contribution < -0.4 is 0 Å². The summed E-state index contributed by atoms with van der Waals surface area (Å²) >= 11 is 0. The predicted octanol–water partition coefficient (Wildman–Crippen LogP) is 2.96. The summed E-state index contributed by atoms with van der Waals surface area (Å²) in [6, 6.07) is 16.8. The summed E-state index contributed by atoms with van der Waals surface area (Å²) in [5.41, 5.74) is 2.62. The molecule has 0 fully saturated rings. The second-order valence-electron chi connectivity index (χ2n) is 5.48. The molecule has 0 spiro atoms. The van der Waals surface area contributed by atoms with Crippen molar-refractivity contribution >= 4 is 5.91 Å². The van der Waals surface area contributed by atoms with Gasteiger partial charge in [0.2, 0.25) is 0 Å². The van der Waals surface area contributed by atoms with Gasteiger partial charge in [-0.25, -0.2) is 0 Å². The lowest BCUT2D eigenvalue weighted by Crippen LogP contribution is -2.36. The number of nitrogens with zero attached hydrogens (tertiary/aromatic N) is 2. The van der Waals surface area contributed by atoms with Crippen LogP contribution in [0.15, 0.2) is 48.5 Å². The van der Waals surface area contributed by atoms with Crippen LogP contribution in [0.2, 0.25) is 0 Å². The Hall–Kier alpha value is -2.68. The fraction of sp³-hybridized carbons (Fsp3) is 0.300. The van der Waals surface area contributed by atoms with Gasteiger partial charge in [0, 0.05) is 38.4 Å². The Labute approximate surface area is 148 Å². The van der Waals surface area contributed by atoms with E-state index < -0.39 is 0 Å². The van der Waals surface area contributed by atoms with Crippen molar-refractivity contribution in [3.63, 3.8) is 0 Å². The molecule has 0 bridgehead atoms. The van der Waals surface area contributed by atoms with E-state index in [-0.39, 0.29) is 5.91 Å². The van der Waals surface area contributed by atoms with Crippen LogP contribution in [0.25, 0.3) is 11.1 Å². The molecular formula is C20H22N2O3. The molecule has 0 saturated heterocycles. The molecule has 2 aromatic rings. The molecule has 0 unspecified atom stereocenters. The topological polar surface area (TPSA) is 62.6 Å². The minimum atomic E-state index is -0.0996. The molecule has 0 N–H and O–H groups in total. The first-order valence-electron chi connectivity index (χ1n) is 8.08. The second-order valence-corrected chi connectivity index (χ2v) is 5.48. The number of rotatable bonds is 8. The molecule has 130 valence electrons. The summed E-state index contributed by atoms with van der Waals surface area (Å²) in [7, 11) is 3.21. The number of amides is 1. The zero-order valence-electron chi connectivity index (χ0n) is 14.6. The number of benzene rings is 2. The van der Waals surface area contributed by atoms with Gasteiger partial charge in [-0.1, -0.05) is 36.4 Å². The number of hydrogen-bond donors (Lipinski definition) is 0. The van der Waals surface area contributed by atoms with Crippen LogP contribution in [0, 0.1) is 11.3 Å². The molecule has 25 heavy (non-hydrogen) atoms. The van der Waals surface area contributed by atoms with Crippen molar-refractivity contribution in [2.45, 2.75) is 0 Å². The van der Waals surface area contributed by atoms with Crippen LogP contribution in [0.5, 0.6) is 0 Å². The van der Waals surface area contributed by atoms with Gasteiger partial charge in [0.1, 0.15) is 0 Å². The first-order valence-corrected chi connectivity index (χ1v) is 8.08. The molecule has 0 aliphatic carbocycles. The van der Waals surface area contributed by atoms with Crippen LogP contribution in [0.3, 0.4) is 0 Å². The average Bonchev–Trinajstić information content (AvgIpc) is 2.67. The number of carbonyl (C=O) groups is 1. The molecule has 0 aromatic heterocycles. The van der Waals surface area contributed by atoms with E-state index in [1.54, 1.807) is 31.3 Å². The van der Waals surface area contributed by atoms with Crippen molar-refractivity contribution in [2.24, 2.45) is 0 Å². The molecule has 0 radical (unpaired) electrons. The molecule has 0 saturated carbocycles. The predicted molar refractivity (Wildman–Crippen MR) is 96.2 cm³/mol. The van der Waals surface area contributed by atoms with Gasteiger partial charge in [0.25, 0.3) is 5.91 Å². The van der Waals surface area contributed by atoms with Gasteiger partial charge in [-0.05, 0) is 17.7 Å². The van der Waals surface area contributed by atoms with Gasteiger partial charge < -0.3 is 14.4 Å². The lowest BCUT2D eigenvalue weighted by Gasteiger charge is -2.23. The van der Waals surface area contributed by atoms with Gasteiger partial charge in [-0.15, -0.1) is 0 Å². The van der Waals surface area contributed by atoms with Gasteiger partial charge in [-0.3, -0.25) is 4.79 Å². The Balaban J connectivity index is 2.41. The fourth-order valence-corrected chi connectivity index (χ4v) is 2.61. The molecule has 5 nitrogen and oxygen atoms in total. The van der Waals surface area contributed by atoms with Crippen molar-refractivity contribution < 1.29 is 14.3 Å². The number of nitriles is 1. The van der Waals surface area contributed by atoms with Gasteiger partial charge in [-0.2, -0.15) is 5.26 Å². The molecule has 0 heterocycles. The molecule has 2 aromatic carbocycles. The molecule has 0 atom stereocenters. The first kappa shape index (κ1) is 18.7. The van der Waals surface area contributed by atoms with Crippen molar-refractivity contribution in [3.8, 4) is 17.2 Å². The monoisotopic (exact) mass is 338 g/mol. The number of ether oxygens (including phenoxy) is 2. The normalized spacial score (nSPS) is 10.3. The summed E-state index contributed by atoms with van der Waals surface area (Å²) in [5, 5.41) is 9.37. The molecule has 0 aliphatic heterocycles. The van der Waals surface area contributed by atoms with Gasteiger partial charge in [0.15, 0.2) is 0 Å². The Bertz CT molecular complexity index is 745. The van der Waals surface area contributed by atoms with E-state index in [2.05, 4.69) is 6.07 Å². The highest BCUT2D eigenvalue weighted by atomic mass is 16.5. The standard InChI is InChI=1S/C20H22N2O3/c1-24-13-11-22(12-14-25-2)20(23)19-10-6-5-9-18(19)17-8-4-3-7-16(17)15-21/h3-10H,11-14H2,1-2H3. The Morgan fingerprint density at radius 3 is 2.12 bits per heavy atom. The van der Waals surface area contributed by atoms with Crippen LogP contribution in [0.4, 0.5) is 0 Å². The number of methoxy groups -OCH3 is 2. The number of carbonyl (C=O) groups excluding carboxylic acids is 1. The van der Waals surface area contributed by atoms with Crippen LogP contribution in [0.1, 0.15) is 15.9 Å². The molecule has 5 heteroatoms. The van der Waals surface area contributed by atoms with Crippen molar-refractivity contribution in [1.29, 1.82) is 5.26 Å². The quantitative estimate of drug-likeness (QED) is 0.742. The second kappa shape index (κ2) is 9.58. The minimum absolute atomic E-state index is 0.0996.